The Hall–Kier alpha value is -1.20. The number of hydrogen-bond donors (Lipinski definition) is 2. The number of halogens is 2. The van der Waals surface area contributed by atoms with E-state index in [0.717, 1.165) is 0 Å². The average Bonchev–Trinajstić information content (AvgIpc) is 2.43. The molecule has 0 saturated heterocycles. The summed E-state index contributed by atoms with van der Waals surface area (Å²) < 4.78 is 5.57. The molecule has 24 heavy (non-hydrogen) atoms. The highest BCUT2D eigenvalue weighted by Gasteiger charge is 2.31. The van der Waals surface area contributed by atoms with Crippen LogP contribution >= 0.6 is 23.2 Å². The van der Waals surface area contributed by atoms with Gasteiger partial charge in [0.15, 0.2) is 0 Å². The normalized spacial score (nSPS) is 11.5. The SMILES string of the molecule is CC(C)(O)C(C)(C)O.[B]c1ccc(Oc2ccc(Cl)cc2)c(Cl)c1. The lowest BCUT2D eigenvalue weighted by Gasteiger charge is -2.31. The smallest absolute Gasteiger partial charge is 0.145 e. The summed E-state index contributed by atoms with van der Waals surface area (Å²) in [6.45, 7) is 6.31. The summed E-state index contributed by atoms with van der Waals surface area (Å²) >= 11 is 11.7. The number of aliphatic hydroxyl groups is 2. The second-order valence-electron chi connectivity index (χ2n) is 6.36. The maximum atomic E-state index is 9.10. The van der Waals surface area contributed by atoms with Crippen LogP contribution in [0.25, 0.3) is 0 Å². The topological polar surface area (TPSA) is 49.7 Å². The third-order valence-corrected chi connectivity index (χ3v) is 4.04. The van der Waals surface area contributed by atoms with E-state index < -0.39 is 11.2 Å². The van der Waals surface area contributed by atoms with Crippen LogP contribution in [0.15, 0.2) is 42.5 Å². The molecule has 0 atom stereocenters. The lowest BCUT2D eigenvalue weighted by Crippen LogP contribution is -2.44. The maximum Gasteiger partial charge on any atom is 0.145 e. The second kappa shape index (κ2) is 8.26. The van der Waals surface area contributed by atoms with E-state index in [4.69, 9.17) is 46.0 Å². The molecule has 0 amide bonds. The molecule has 0 aromatic heterocycles. The van der Waals surface area contributed by atoms with E-state index in [9.17, 15) is 0 Å². The molecule has 2 aromatic rings. The van der Waals surface area contributed by atoms with Gasteiger partial charge in [0.05, 0.1) is 16.2 Å². The zero-order chi connectivity index (χ0) is 18.5. The summed E-state index contributed by atoms with van der Waals surface area (Å²) in [7, 11) is 5.58. The van der Waals surface area contributed by atoms with Gasteiger partial charge in [-0.05, 0) is 64.1 Å². The molecule has 0 aliphatic heterocycles. The first-order valence-electron chi connectivity index (χ1n) is 7.33. The first-order chi connectivity index (χ1) is 10.9. The van der Waals surface area contributed by atoms with E-state index in [-0.39, 0.29) is 0 Å². The van der Waals surface area contributed by atoms with Crippen LogP contribution in [0.1, 0.15) is 27.7 Å². The van der Waals surface area contributed by atoms with E-state index in [0.29, 0.717) is 27.0 Å². The molecule has 0 bridgehead atoms. The number of benzene rings is 2. The zero-order valence-corrected chi connectivity index (χ0v) is 15.7. The first-order valence-corrected chi connectivity index (χ1v) is 8.09. The van der Waals surface area contributed by atoms with Crippen molar-refractivity contribution >= 4 is 36.5 Å². The van der Waals surface area contributed by atoms with Gasteiger partial charge in [0.1, 0.15) is 19.3 Å². The number of ether oxygens (including phenoxy) is 1. The molecule has 0 aliphatic carbocycles. The van der Waals surface area contributed by atoms with Gasteiger partial charge in [-0.2, -0.15) is 0 Å². The van der Waals surface area contributed by atoms with Crippen molar-refractivity contribution in [3.63, 3.8) is 0 Å². The van der Waals surface area contributed by atoms with Crippen LogP contribution in [0.3, 0.4) is 0 Å². The summed E-state index contributed by atoms with van der Waals surface area (Å²) in [6.07, 6.45) is 0. The molecule has 0 fully saturated rings. The molecular formula is C18H21BCl2O3. The average molecular weight is 367 g/mol. The summed E-state index contributed by atoms with van der Waals surface area (Å²) in [4.78, 5) is 0. The van der Waals surface area contributed by atoms with Crippen LogP contribution in [0, 0.1) is 0 Å². The lowest BCUT2D eigenvalue weighted by molar-refractivity contribution is -0.107. The van der Waals surface area contributed by atoms with Gasteiger partial charge in [-0.25, -0.2) is 0 Å². The van der Waals surface area contributed by atoms with Crippen LogP contribution in [0.2, 0.25) is 10.0 Å². The zero-order valence-electron chi connectivity index (χ0n) is 14.2. The Balaban J connectivity index is 0.000000307. The van der Waals surface area contributed by atoms with Gasteiger partial charge in [0, 0.05) is 5.02 Å². The van der Waals surface area contributed by atoms with E-state index >= 15 is 0 Å². The van der Waals surface area contributed by atoms with Gasteiger partial charge in [-0.1, -0.05) is 34.7 Å². The van der Waals surface area contributed by atoms with Crippen molar-refractivity contribution in [2.75, 3.05) is 0 Å². The van der Waals surface area contributed by atoms with Gasteiger partial charge < -0.3 is 14.9 Å². The highest BCUT2D eigenvalue weighted by Crippen LogP contribution is 2.28. The summed E-state index contributed by atoms with van der Waals surface area (Å²) in [5.74, 6) is 1.24. The predicted octanol–water partition coefficient (Wildman–Crippen LogP) is 4.11. The van der Waals surface area contributed by atoms with Crippen molar-refractivity contribution in [2.45, 2.75) is 38.9 Å². The molecular weight excluding hydrogens is 346 g/mol. The Morgan fingerprint density at radius 1 is 0.875 bits per heavy atom. The minimum Gasteiger partial charge on any atom is -0.456 e. The van der Waals surface area contributed by atoms with E-state index in [1.807, 2.05) is 0 Å². The maximum absolute atomic E-state index is 9.10. The second-order valence-corrected chi connectivity index (χ2v) is 7.21. The molecule has 0 unspecified atom stereocenters. The standard InChI is InChI=1S/C12H7BCl2O.C6H14O2/c13-8-1-6-12(11(15)7-8)16-10-4-2-9(14)3-5-10;1-5(2,7)6(3,4)8/h1-7H;7-8H,1-4H3. The van der Waals surface area contributed by atoms with Gasteiger partial charge in [0.25, 0.3) is 0 Å². The molecule has 3 nitrogen and oxygen atoms in total. The van der Waals surface area contributed by atoms with Gasteiger partial charge in [-0.15, -0.1) is 0 Å². The van der Waals surface area contributed by atoms with Crippen molar-refractivity contribution in [3.8, 4) is 11.5 Å². The Bertz CT molecular complexity index is 647. The fourth-order valence-corrected chi connectivity index (χ4v) is 1.58. The Morgan fingerprint density at radius 3 is 1.79 bits per heavy atom. The highest BCUT2D eigenvalue weighted by molar-refractivity contribution is 6.37. The van der Waals surface area contributed by atoms with Crippen LogP contribution in [-0.2, 0) is 0 Å². The molecule has 0 heterocycles. The molecule has 2 aromatic carbocycles. The van der Waals surface area contributed by atoms with E-state index in [1.165, 1.54) is 0 Å². The molecule has 2 N–H and O–H groups in total. The summed E-state index contributed by atoms with van der Waals surface area (Å²) in [5, 5.41) is 19.4. The van der Waals surface area contributed by atoms with Crippen molar-refractivity contribution in [1.82, 2.24) is 0 Å². The van der Waals surface area contributed by atoms with Crippen molar-refractivity contribution in [2.24, 2.45) is 0 Å². The van der Waals surface area contributed by atoms with Crippen LogP contribution < -0.4 is 10.2 Å². The van der Waals surface area contributed by atoms with Crippen LogP contribution in [-0.4, -0.2) is 29.3 Å². The lowest BCUT2D eigenvalue weighted by atomic mass is 9.90. The predicted molar refractivity (Wildman–Crippen MR) is 101 cm³/mol. The van der Waals surface area contributed by atoms with Crippen LogP contribution in [0.4, 0.5) is 0 Å². The molecule has 0 spiro atoms. The molecule has 6 heteroatoms. The van der Waals surface area contributed by atoms with E-state index in [1.54, 1.807) is 70.2 Å². The fourth-order valence-electron chi connectivity index (χ4n) is 1.23. The molecule has 0 aliphatic rings. The van der Waals surface area contributed by atoms with Crippen molar-refractivity contribution < 1.29 is 14.9 Å². The first kappa shape index (κ1) is 20.8. The van der Waals surface area contributed by atoms with Crippen LogP contribution in [0.5, 0.6) is 11.5 Å². The largest absolute Gasteiger partial charge is 0.456 e. The van der Waals surface area contributed by atoms with Crippen molar-refractivity contribution in [3.05, 3.63) is 52.5 Å². The third kappa shape index (κ3) is 6.74. The quantitative estimate of drug-likeness (QED) is 0.803. The molecule has 128 valence electrons. The number of rotatable bonds is 3. The third-order valence-electron chi connectivity index (χ3n) is 3.49. The van der Waals surface area contributed by atoms with Gasteiger partial charge in [0.2, 0.25) is 0 Å². The fraction of sp³-hybridized carbons (Fsp3) is 0.333. The van der Waals surface area contributed by atoms with E-state index in [2.05, 4.69) is 0 Å². The highest BCUT2D eigenvalue weighted by atomic mass is 35.5. The van der Waals surface area contributed by atoms with Gasteiger partial charge in [-0.3, -0.25) is 0 Å². The Labute approximate surface area is 154 Å². The molecule has 2 rings (SSSR count). The minimum atomic E-state index is -1.01. The monoisotopic (exact) mass is 366 g/mol. The van der Waals surface area contributed by atoms with Gasteiger partial charge >= 0.3 is 0 Å². The Morgan fingerprint density at radius 2 is 1.38 bits per heavy atom. The summed E-state index contributed by atoms with van der Waals surface area (Å²) in [5.41, 5.74) is -1.41. The van der Waals surface area contributed by atoms with Crippen molar-refractivity contribution in [1.29, 1.82) is 0 Å². The molecule has 0 saturated carbocycles. The minimum absolute atomic E-state index is 0.481. The summed E-state index contributed by atoms with van der Waals surface area (Å²) in [6, 6.07) is 12.2. The number of hydrogen-bond acceptors (Lipinski definition) is 3. The Kier molecular flexibility index (Phi) is 7.17. The molecule has 2 radical (unpaired) electrons.